The fourth-order valence-corrected chi connectivity index (χ4v) is 4.65. The van der Waals surface area contributed by atoms with Crippen LogP contribution in [0.15, 0.2) is 48.5 Å². The van der Waals surface area contributed by atoms with Crippen molar-refractivity contribution >= 4 is 17.3 Å². The zero-order valence-corrected chi connectivity index (χ0v) is 20.0. The molecule has 0 aliphatic carbocycles. The van der Waals surface area contributed by atoms with Gasteiger partial charge < -0.3 is 9.47 Å². The van der Waals surface area contributed by atoms with Crippen LogP contribution < -0.4 is 4.74 Å². The summed E-state index contributed by atoms with van der Waals surface area (Å²) in [7, 11) is 1.37. The number of ether oxygens (including phenoxy) is 2. The third kappa shape index (κ3) is 5.18. The van der Waals surface area contributed by atoms with E-state index in [2.05, 4.69) is 13.8 Å². The summed E-state index contributed by atoms with van der Waals surface area (Å²) in [6.07, 6.45) is 0. The Morgan fingerprint density at radius 2 is 1.56 bits per heavy atom. The molecule has 0 fully saturated rings. The van der Waals surface area contributed by atoms with Crippen LogP contribution in [0.2, 0.25) is 0 Å². The maximum Gasteiger partial charge on any atom is 0.348 e. The number of carbonyl (C=O) groups is 1. The highest BCUT2D eigenvalue weighted by Gasteiger charge is 2.26. The molecule has 0 bridgehead atoms. The monoisotopic (exact) mass is 458 g/mol. The molecule has 3 nitrogen and oxygen atoms in total. The molecular weight excluding hydrogens is 430 g/mol. The van der Waals surface area contributed by atoms with Gasteiger partial charge in [-0.05, 0) is 60.4 Å². The van der Waals surface area contributed by atoms with Crippen molar-refractivity contribution in [2.75, 3.05) is 13.7 Å². The molecule has 1 aromatic heterocycles. The average Bonchev–Trinajstić information content (AvgIpc) is 3.22. The number of alkyl halides is 2. The van der Waals surface area contributed by atoms with Crippen molar-refractivity contribution in [2.24, 2.45) is 0 Å². The van der Waals surface area contributed by atoms with Gasteiger partial charge in [0.25, 0.3) is 5.92 Å². The van der Waals surface area contributed by atoms with Gasteiger partial charge >= 0.3 is 5.97 Å². The first-order valence-electron chi connectivity index (χ1n) is 10.3. The molecule has 0 saturated heterocycles. The lowest BCUT2D eigenvalue weighted by Crippen LogP contribution is -2.25. The molecule has 0 aliphatic heterocycles. The quantitative estimate of drug-likeness (QED) is 0.349. The lowest BCUT2D eigenvalue weighted by molar-refractivity contribution is 0.0175. The maximum atomic E-state index is 13.5. The summed E-state index contributed by atoms with van der Waals surface area (Å²) < 4.78 is 38.0. The zero-order chi connectivity index (χ0) is 23.7. The zero-order valence-electron chi connectivity index (χ0n) is 19.2. The fourth-order valence-electron chi connectivity index (χ4n) is 3.64. The summed E-state index contributed by atoms with van der Waals surface area (Å²) >= 11 is 1.41. The predicted octanol–water partition coefficient (Wildman–Crippen LogP) is 7.29. The van der Waals surface area contributed by atoms with Gasteiger partial charge in [0.05, 0.1) is 13.7 Å². The van der Waals surface area contributed by atoms with Gasteiger partial charge in [0.15, 0.2) is 0 Å². The van der Waals surface area contributed by atoms with Crippen molar-refractivity contribution in [1.29, 1.82) is 0 Å². The molecule has 0 spiro atoms. The Labute approximate surface area is 192 Å². The van der Waals surface area contributed by atoms with Gasteiger partial charge in [0.2, 0.25) is 0 Å². The summed E-state index contributed by atoms with van der Waals surface area (Å²) in [5.41, 5.74) is 3.65. The van der Waals surface area contributed by atoms with Crippen LogP contribution in [0.3, 0.4) is 0 Å². The van der Waals surface area contributed by atoms with E-state index >= 15 is 0 Å². The Kier molecular flexibility index (Phi) is 6.75. The summed E-state index contributed by atoms with van der Waals surface area (Å²) in [6.45, 7) is 9.46. The summed E-state index contributed by atoms with van der Waals surface area (Å²) in [4.78, 5) is 13.4. The highest BCUT2D eigenvalue weighted by molar-refractivity contribution is 7.14. The van der Waals surface area contributed by atoms with Crippen LogP contribution in [0.4, 0.5) is 8.78 Å². The number of esters is 1. The van der Waals surface area contributed by atoms with Crippen molar-refractivity contribution < 1.29 is 23.0 Å². The van der Waals surface area contributed by atoms with E-state index < -0.39 is 5.92 Å². The van der Waals surface area contributed by atoms with E-state index in [1.807, 2.05) is 32.0 Å². The lowest BCUT2D eigenvalue weighted by Gasteiger charge is -2.24. The van der Waals surface area contributed by atoms with E-state index in [0.29, 0.717) is 11.5 Å². The molecule has 0 unspecified atom stereocenters. The van der Waals surface area contributed by atoms with E-state index in [9.17, 15) is 13.6 Å². The maximum absolute atomic E-state index is 13.5. The van der Waals surface area contributed by atoms with E-state index in [0.717, 1.165) is 39.8 Å². The second-order valence-electron chi connectivity index (χ2n) is 8.73. The molecular formula is C26H28F2O3S. The van der Waals surface area contributed by atoms with Crippen LogP contribution in [0.1, 0.15) is 52.0 Å². The van der Waals surface area contributed by atoms with Gasteiger partial charge in [-0.15, -0.1) is 11.3 Å². The molecule has 0 N–H and O–H groups in total. The number of halogens is 2. The largest absolute Gasteiger partial charge is 0.493 e. The molecule has 0 atom stereocenters. The van der Waals surface area contributed by atoms with Crippen molar-refractivity contribution in [3.8, 4) is 16.9 Å². The first-order valence-corrected chi connectivity index (χ1v) is 11.2. The highest BCUT2D eigenvalue weighted by Crippen LogP contribution is 2.35. The molecule has 0 amide bonds. The molecule has 0 saturated carbocycles. The molecule has 1 heterocycles. The Bertz CT molecular complexity index is 1090. The fraction of sp³-hybridized carbons (Fsp3) is 0.346. The Hall–Kier alpha value is -2.73. The van der Waals surface area contributed by atoms with E-state index in [4.69, 9.17) is 9.47 Å². The number of rotatable bonds is 7. The third-order valence-electron chi connectivity index (χ3n) is 5.45. The SMILES string of the molecule is COC(=O)c1ccc(C(C)(C)COc2cc(C)c(-c3ccc(C(C)(F)F)cc3)c(C)c2)s1. The van der Waals surface area contributed by atoms with Crippen molar-refractivity contribution in [1.82, 2.24) is 0 Å². The Balaban J connectivity index is 1.78. The van der Waals surface area contributed by atoms with Crippen LogP contribution in [0.25, 0.3) is 11.1 Å². The molecule has 32 heavy (non-hydrogen) atoms. The number of methoxy groups -OCH3 is 1. The van der Waals surface area contributed by atoms with Crippen LogP contribution in [-0.4, -0.2) is 19.7 Å². The van der Waals surface area contributed by atoms with E-state index in [1.54, 1.807) is 18.2 Å². The molecule has 2 aromatic carbocycles. The topological polar surface area (TPSA) is 35.5 Å². The standard InChI is InChI=1S/C26H28F2O3S/c1-16-13-20(31-15-25(3,4)22-12-11-21(32-22)24(29)30-6)14-17(2)23(16)18-7-9-19(10-8-18)26(5,27)28/h7-14H,15H2,1-6H3. The summed E-state index contributed by atoms with van der Waals surface area (Å²) in [5, 5.41) is 0. The van der Waals surface area contributed by atoms with Crippen LogP contribution in [0, 0.1) is 13.8 Å². The van der Waals surface area contributed by atoms with Gasteiger partial charge in [-0.2, -0.15) is 0 Å². The minimum absolute atomic E-state index is 0.00248. The van der Waals surface area contributed by atoms with E-state index in [1.165, 1.54) is 30.6 Å². The molecule has 6 heteroatoms. The summed E-state index contributed by atoms with van der Waals surface area (Å²) in [5.74, 6) is -2.44. The highest BCUT2D eigenvalue weighted by atomic mass is 32.1. The minimum atomic E-state index is -2.85. The molecule has 170 valence electrons. The third-order valence-corrected chi connectivity index (χ3v) is 6.88. The Morgan fingerprint density at radius 3 is 2.09 bits per heavy atom. The molecule has 3 aromatic rings. The van der Waals surface area contributed by atoms with Gasteiger partial charge in [-0.1, -0.05) is 38.1 Å². The first kappa shape index (κ1) is 23.9. The van der Waals surface area contributed by atoms with Gasteiger partial charge in [-0.3, -0.25) is 0 Å². The van der Waals surface area contributed by atoms with Crippen molar-refractivity contribution in [2.45, 2.75) is 46.0 Å². The number of hydrogen-bond acceptors (Lipinski definition) is 4. The minimum Gasteiger partial charge on any atom is -0.493 e. The number of thiophene rings is 1. The van der Waals surface area contributed by atoms with Crippen LogP contribution >= 0.6 is 11.3 Å². The summed E-state index contributed by atoms with van der Waals surface area (Å²) in [6, 6.07) is 14.1. The number of benzene rings is 2. The number of aryl methyl sites for hydroxylation is 2. The van der Waals surface area contributed by atoms with E-state index in [-0.39, 0.29) is 16.9 Å². The molecule has 0 aliphatic rings. The van der Waals surface area contributed by atoms with Crippen LogP contribution in [0.5, 0.6) is 5.75 Å². The lowest BCUT2D eigenvalue weighted by atomic mass is 9.92. The van der Waals surface area contributed by atoms with Crippen molar-refractivity contribution in [3.63, 3.8) is 0 Å². The number of carbonyl (C=O) groups excluding carboxylic acids is 1. The predicted molar refractivity (Wildman–Crippen MR) is 125 cm³/mol. The van der Waals surface area contributed by atoms with Crippen molar-refractivity contribution in [3.05, 3.63) is 75.0 Å². The van der Waals surface area contributed by atoms with Gasteiger partial charge in [-0.25, -0.2) is 13.6 Å². The molecule has 3 rings (SSSR count). The van der Waals surface area contributed by atoms with Gasteiger partial charge in [0, 0.05) is 22.8 Å². The normalized spacial score (nSPS) is 12.0. The second kappa shape index (κ2) is 9.02. The second-order valence-corrected chi connectivity index (χ2v) is 9.81. The first-order chi connectivity index (χ1) is 14.9. The number of hydrogen-bond donors (Lipinski definition) is 0. The van der Waals surface area contributed by atoms with Gasteiger partial charge in [0.1, 0.15) is 10.6 Å². The Morgan fingerprint density at radius 1 is 0.969 bits per heavy atom. The molecule has 0 radical (unpaired) electrons. The smallest absolute Gasteiger partial charge is 0.348 e. The average molecular weight is 459 g/mol. The van der Waals surface area contributed by atoms with Crippen LogP contribution in [-0.2, 0) is 16.1 Å².